The van der Waals surface area contributed by atoms with Gasteiger partial charge in [-0.25, -0.2) is 4.98 Å². The van der Waals surface area contributed by atoms with Crippen molar-refractivity contribution in [2.75, 3.05) is 19.0 Å². The van der Waals surface area contributed by atoms with E-state index in [9.17, 15) is 0 Å². The molecule has 0 aliphatic rings. The summed E-state index contributed by atoms with van der Waals surface area (Å²) in [4.78, 5) is 16.1. The van der Waals surface area contributed by atoms with Crippen LogP contribution in [0.2, 0.25) is 19.6 Å². The first-order valence-corrected chi connectivity index (χ1v) is 15.2. The van der Waals surface area contributed by atoms with Crippen molar-refractivity contribution in [3.05, 3.63) is 90.7 Å². The molecule has 4 aromatic rings. The minimum absolute atomic E-state index is 0. The molecule has 3 aromatic heterocycles. The molecule has 0 saturated heterocycles. The third kappa shape index (κ3) is 8.73. The molecule has 35 heavy (non-hydrogen) atoms. The SMILES string of the molecule is Cc1ccc(-c2cc(-c3ccc(N(C)C)cc3)cc(-c3ccc(C)cn3)n2)nc1.[CH2-][Si](C)(C)C.[Co]. The summed E-state index contributed by atoms with van der Waals surface area (Å²) in [6.07, 6.45) is 3.75. The van der Waals surface area contributed by atoms with Gasteiger partial charge in [0.25, 0.3) is 0 Å². The molecule has 185 valence electrons. The molecule has 0 amide bonds. The van der Waals surface area contributed by atoms with Gasteiger partial charge in [0, 0.05) is 49.0 Å². The largest absolute Gasteiger partial charge is 0.378 e. The van der Waals surface area contributed by atoms with E-state index in [1.807, 2.05) is 52.5 Å². The average molecular weight is 527 g/mol. The zero-order valence-corrected chi connectivity index (χ0v) is 23.8. The summed E-state index contributed by atoms with van der Waals surface area (Å²) in [5.41, 5.74) is 9.07. The second-order valence-electron chi connectivity index (χ2n) is 10.1. The molecule has 0 unspecified atom stereocenters. The predicted molar refractivity (Wildman–Crippen MR) is 149 cm³/mol. The molecule has 1 radical (unpaired) electrons. The van der Waals surface area contributed by atoms with E-state index in [2.05, 4.69) is 89.6 Å². The zero-order chi connectivity index (χ0) is 24.9. The molecule has 0 spiro atoms. The van der Waals surface area contributed by atoms with Crippen LogP contribution in [-0.2, 0) is 16.8 Å². The molecule has 3 heterocycles. The van der Waals surface area contributed by atoms with Crippen LogP contribution in [0.25, 0.3) is 33.9 Å². The normalized spacial score (nSPS) is 10.6. The molecule has 0 atom stereocenters. The predicted octanol–water partition coefficient (Wildman–Crippen LogP) is 7.25. The number of rotatable bonds is 4. The minimum Gasteiger partial charge on any atom is -0.378 e. The standard InChI is InChI=1S/C25H24N4.C4H11Si.Co/c1-17-5-11-22(26-15-17)24-13-20(19-7-9-21(10-8-19)29(3)4)14-25(28-24)23-12-6-18(2)16-27-23;1-5(2,3)4;/h5-16H,1-4H3;1H2,2-4H3;/q;-1;. The summed E-state index contributed by atoms with van der Waals surface area (Å²) in [6.45, 7) is 14.6. The van der Waals surface area contributed by atoms with Crippen LogP contribution in [0.5, 0.6) is 0 Å². The molecule has 0 bridgehead atoms. The number of hydrogen-bond donors (Lipinski definition) is 0. The van der Waals surface area contributed by atoms with Crippen LogP contribution in [0.15, 0.2) is 73.1 Å². The van der Waals surface area contributed by atoms with Gasteiger partial charge in [-0.2, -0.15) is 0 Å². The van der Waals surface area contributed by atoms with Crippen LogP contribution in [-0.4, -0.2) is 37.1 Å². The number of anilines is 1. The smallest absolute Gasteiger partial charge is 0.0900 e. The van der Waals surface area contributed by atoms with Crippen molar-refractivity contribution in [3.63, 3.8) is 0 Å². The fraction of sp³-hybridized carbons (Fsp3) is 0.241. The molecule has 1 aromatic carbocycles. The fourth-order valence-corrected chi connectivity index (χ4v) is 3.15. The Morgan fingerprint density at radius 2 is 1.09 bits per heavy atom. The second-order valence-corrected chi connectivity index (χ2v) is 15.2. The Balaban J connectivity index is 0.000000656. The first-order valence-electron chi connectivity index (χ1n) is 11.5. The molecule has 0 saturated carbocycles. The molecular weight excluding hydrogens is 491 g/mol. The summed E-state index contributed by atoms with van der Waals surface area (Å²) in [7, 11) is 3.23. The van der Waals surface area contributed by atoms with Gasteiger partial charge >= 0.3 is 0 Å². The average Bonchev–Trinajstić information content (AvgIpc) is 2.79. The third-order valence-electron chi connectivity index (χ3n) is 4.89. The van der Waals surface area contributed by atoms with Gasteiger partial charge in [-0.15, -0.1) is 8.07 Å². The molecule has 0 N–H and O–H groups in total. The summed E-state index contributed by atoms with van der Waals surface area (Å²) in [5.74, 6) is 0. The Bertz CT molecular complexity index is 1140. The van der Waals surface area contributed by atoms with Gasteiger partial charge in [0.05, 0.1) is 22.8 Å². The first kappa shape index (κ1) is 28.4. The topological polar surface area (TPSA) is 41.9 Å². The molecule has 0 fully saturated rings. The number of hydrogen-bond acceptors (Lipinski definition) is 4. The molecule has 4 rings (SSSR count). The maximum absolute atomic E-state index is 4.87. The van der Waals surface area contributed by atoms with E-state index in [0.29, 0.717) is 0 Å². The molecule has 0 aliphatic carbocycles. The van der Waals surface area contributed by atoms with Crippen LogP contribution < -0.4 is 4.90 Å². The van der Waals surface area contributed by atoms with Gasteiger partial charge in [0.15, 0.2) is 0 Å². The van der Waals surface area contributed by atoms with Crippen molar-refractivity contribution in [1.29, 1.82) is 0 Å². The Hall–Kier alpha value is -2.81. The van der Waals surface area contributed by atoms with Gasteiger partial charge in [-0.3, -0.25) is 9.97 Å². The van der Waals surface area contributed by atoms with Gasteiger partial charge in [-0.05, 0) is 72.5 Å². The summed E-state index contributed by atoms with van der Waals surface area (Å²) >= 11 is 0. The Kier molecular flexibility index (Phi) is 9.95. The quantitative estimate of drug-likeness (QED) is 0.207. The van der Waals surface area contributed by atoms with Crippen molar-refractivity contribution in [3.8, 4) is 33.9 Å². The zero-order valence-electron chi connectivity index (χ0n) is 21.8. The monoisotopic (exact) mass is 526 g/mol. The fourth-order valence-electron chi connectivity index (χ4n) is 3.15. The van der Waals surface area contributed by atoms with Crippen LogP contribution >= 0.6 is 0 Å². The van der Waals surface area contributed by atoms with E-state index in [1.54, 1.807) is 0 Å². The Morgan fingerprint density at radius 3 is 1.43 bits per heavy atom. The third-order valence-corrected chi connectivity index (χ3v) is 4.89. The Labute approximate surface area is 222 Å². The van der Waals surface area contributed by atoms with Crippen LogP contribution in [0.1, 0.15) is 11.1 Å². The number of benzene rings is 1. The van der Waals surface area contributed by atoms with Crippen LogP contribution in [0, 0.1) is 20.4 Å². The van der Waals surface area contributed by atoms with Crippen molar-refractivity contribution >= 4 is 13.8 Å². The van der Waals surface area contributed by atoms with Gasteiger partial charge in [0.1, 0.15) is 0 Å². The second kappa shape index (κ2) is 12.2. The first-order chi connectivity index (χ1) is 16.0. The van der Waals surface area contributed by atoms with Crippen LogP contribution in [0.3, 0.4) is 0 Å². The van der Waals surface area contributed by atoms with Crippen molar-refractivity contribution in [1.82, 2.24) is 15.0 Å². The van der Waals surface area contributed by atoms with E-state index in [-0.39, 0.29) is 16.8 Å². The van der Waals surface area contributed by atoms with E-state index < -0.39 is 8.07 Å². The van der Waals surface area contributed by atoms with E-state index in [0.717, 1.165) is 45.0 Å². The summed E-state index contributed by atoms with van der Waals surface area (Å²) in [6, 6.07) is 20.9. The van der Waals surface area contributed by atoms with Gasteiger partial charge in [-0.1, -0.05) is 43.9 Å². The summed E-state index contributed by atoms with van der Waals surface area (Å²) in [5, 5.41) is 0. The van der Waals surface area contributed by atoms with Crippen LogP contribution in [0.4, 0.5) is 5.69 Å². The van der Waals surface area contributed by atoms with Gasteiger partial charge < -0.3 is 11.4 Å². The number of nitrogens with zero attached hydrogens (tertiary/aromatic N) is 4. The summed E-state index contributed by atoms with van der Waals surface area (Å²) < 4.78 is 0. The van der Waals surface area contributed by atoms with Crippen molar-refractivity contribution < 1.29 is 16.8 Å². The maximum Gasteiger partial charge on any atom is 0.0900 e. The number of pyridine rings is 3. The number of aromatic nitrogens is 3. The molecule has 0 aliphatic heterocycles. The minimum atomic E-state index is -0.861. The molecule has 6 heteroatoms. The van der Waals surface area contributed by atoms with Gasteiger partial charge in [0.2, 0.25) is 0 Å². The van der Waals surface area contributed by atoms with E-state index in [4.69, 9.17) is 4.98 Å². The molecule has 4 nitrogen and oxygen atoms in total. The van der Waals surface area contributed by atoms with E-state index in [1.165, 1.54) is 5.69 Å². The number of aryl methyl sites for hydroxylation is 2. The van der Waals surface area contributed by atoms with Crippen molar-refractivity contribution in [2.45, 2.75) is 33.5 Å². The Morgan fingerprint density at radius 1 is 0.657 bits per heavy atom. The molecular formula is C29H35CoN4Si-. The maximum atomic E-state index is 4.87. The van der Waals surface area contributed by atoms with E-state index >= 15 is 0 Å². The van der Waals surface area contributed by atoms with Crippen molar-refractivity contribution in [2.24, 2.45) is 0 Å².